The minimum Gasteiger partial charge on any atom is -0.465 e. The number of hydrogen-bond donors (Lipinski definition) is 4. The van der Waals surface area contributed by atoms with E-state index in [1.165, 1.54) is 27.6 Å². The van der Waals surface area contributed by atoms with E-state index in [9.17, 15) is 20.1 Å². The number of carbonyl (C=O) groups is 1. The highest BCUT2D eigenvalue weighted by molar-refractivity contribution is 5.98. The van der Waals surface area contributed by atoms with E-state index in [2.05, 4.69) is 66.5 Å². The molecule has 3 aliphatic rings. The van der Waals surface area contributed by atoms with Crippen molar-refractivity contribution in [1.29, 1.82) is 0 Å². The molecule has 7 atom stereocenters. The Morgan fingerprint density at radius 2 is 2.05 bits per heavy atom. The van der Waals surface area contributed by atoms with Crippen LogP contribution in [0.15, 0.2) is 54.8 Å². The molecule has 4 N–H and O–H groups in total. The van der Waals surface area contributed by atoms with Crippen molar-refractivity contribution in [2.45, 2.75) is 95.5 Å². The number of carbonyl (C=O) groups excluding carboxylic acids is 1. The van der Waals surface area contributed by atoms with Gasteiger partial charge >= 0.3 is 5.97 Å². The Labute approximate surface area is 256 Å². The maximum absolute atomic E-state index is 12.5. The van der Waals surface area contributed by atoms with Gasteiger partial charge in [0.1, 0.15) is 0 Å². The van der Waals surface area contributed by atoms with Gasteiger partial charge in [0, 0.05) is 54.4 Å². The molecule has 1 fully saturated rings. The highest BCUT2D eigenvalue weighted by atomic mass is 16.5. The Bertz CT molecular complexity index is 1310. The van der Waals surface area contributed by atoms with Gasteiger partial charge in [-0.2, -0.15) is 0 Å². The lowest BCUT2D eigenvalue weighted by molar-refractivity contribution is -0.144. The summed E-state index contributed by atoms with van der Waals surface area (Å²) in [5.41, 5.74) is 5.19. The molecule has 0 spiro atoms. The molecule has 1 aliphatic heterocycles. The molecule has 7 heteroatoms. The first kappa shape index (κ1) is 31.7. The number of nitrogens with zero attached hydrogens (tertiary/aromatic N) is 1. The lowest BCUT2D eigenvalue weighted by atomic mass is 9.80. The number of hydrogen-bond acceptors (Lipinski definition) is 6. The van der Waals surface area contributed by atoms with Gasteiger partial charge in [0.05, 0.1) is 24.9 Å². The zero-order chi connectivity index (χ0) is 30.3. The van der Waals surface area contributed by atoms with Crippen LogP contribution >= 0.6 is 0 Å². The fourth-order valence-corrected chi connectivity index (χ4v) is 7.32. The van der Waals surface area contributed by atoms with Crippen LogP contribution in [0, 0.1) is 17.8 Å². The van der Waals surface area contributed by atoms with Gasteiger partial charge in [-0.05, 0) is 67.8 Å². The lowest BCUT2D eigenvalue weighted by Gasteiger charge is -2.39. The second-order valence-electron chi connectivity index (χ2n) is 12.9. The van der Waals surface area contributed by atoms with E-state index >= 15 is 0 Å². The van der Waals surface area contributed by atoms with Crippen molar-refractivity contribution in [1.82, 2.24) is 9.88 Å². The molecule has 0 unspecified atom stereocenters. The first-order valence-corrected chi connectivity index (χ1v) is 16.4. The standard InChI is InChI=1S/C36H50N2O5/c1-3-4-7-11-26(39)16-17-28-27(33(40)20-34(28)41)12-8-5-6-9-15-35(42)43-23-24-18-30-29-13-10-14-31-36(29)25(21-37-31)19-32(30)38(2)22-24/h5,8,10,13-14,16-18,21,24,26-28,32-34,37,39-41H,3-4,6-7,9,11-12,15,19-20,22-23H2,1-2H3/t24-,26+,27-,28-,32-,33+,34-/m1/s1. The summed E-state index contributed by atoms with van der Waals surface area (Å²) in [4.78, 5) is 18.3. The van der Waals surface area contributed by atoms with E-state index < -0.39 is 18.3 Å². The molecule has 0 amide bonds. The van der Waals surface area contributed by atoms with Crippen molar-refractivity contribution >= 4 is 22.4 Å². The van der Waals surface area contributed by atoms with Crippen LogP contribution in [0.25, 0.3) is 16.5 Å². The van der Waals surface area contributed by atoms with E-state index in [-0.39, 0.29) is 23.7 Å². The predicted octanol–water partition coefficient (Wildman–Crippen LogP) is 5.55. The predicted molar refractivity (Wildman–Crippen MR) is 171 cm³/mol. The van der Waals surface area contributed by atoms with Gasteiger partial charge in [-0.1, -0.05) is 68.7 Å². The maximum Gasteiger partial charge on any atom is 0.305 e. The summed E-state index contributed by atoms with van der Waals surface area (Å²) in [6.07, 6.45) is 18.4. The molecule has 0 radical (unpaired) electrons. The number of esters is 1. The molecule has 7 nitrogen and oxygen atoms in total. The zero-order valence-electron chi connectivity index (χ0n) is 25.8. The number of fused-ring (bicyclic) bond motifs is 2. The van der Waals surface area contributed by atoms with Gasteiger partial charge in [-0.15, -0.1) is 0 Å². The van der Waals surface area contributed by atoms with Crippen LogP contribution in [0.1, 0.15) is 75.8 Å². The van der Waals surface area contributed by atoms with Crippen LogP contribution in [0.3, 0.4) is 0 Å². The quantitative estimate of drug-likeness (QED) is 0.131. The first-order chi connectivity index (χ1) is 20.9. The van der Waals surface area contributed by atoms with E-state index in [1.54, 1.807) is 6.08 Å². The van der Waals surface area contributed by atoms with Gasteiger partial charge in [0.15, 0.2) is 0 Å². The number of nitrogens with one attached hydrogen (secondary N) is 1. The summed E-state index contributed by atoms with van der Waals surface area (Å²) < 4.78 is 5.71. The van der Waals surface area contributed by atoms with Crippen LogP contribution in [-0.2, 0) is 16.0 Å². The number of aromatic nitrogens is 1. The highest BCUT2D eigenvalue weighted by Gasteiger charge is 2.39. The second kappa shape index (κ2) is 14.8. The number of ether oxygens (including phenoxy) is 1. The average Bonchev–Trinajstić information content (AvgIpc) is 3.53. The number of aromatic amines is 1. The van der Waals surface area contributed by atoms with Crippen LogP contribution in [0.5, 0.6) is 0 Å². The Morgan fingerprint density at radius 3 is 2.88 bits per heavy atom. The molecule has 0 saturated heterocycles. The molecular weight excluding hydrogens is 540 g/mol. The largest absolute Gasteiger partial charge is 0.465 e. The zero-order valence-corrected chi connectivity index (χ0v) is 25.8. The number of allylic oxidation sites excluding steroid dienone is 2. The van der Waals surface area contributed by atoms with Crippen LogP contribution in [0.4, 0.5) is 0 Å². The van der Waals surface area contributed by atoms with Crippen molar-refractivity contribution in [3.63, 3.8) is 0 Å². The fraction of sp³-hybridized carbons (Fsp3) is 0.583. The normalized spacial score (nSPS) is 28.1. The van der Waals surface area contributed by atoms with E-state index in [0.29, 0.717) is 38.3 Å². The van der Waals surface area contributed by atoms with Crippen molar-refractivity contribution in [3.05, 3.63) is 65.9 Å². The SMILES string of the molecule is CCCCC[C@H](O)C=C[C@@H]1[C@@H](CC=CCCCC(=O)OC[C@@H]2C=C3c4cccc5[nH]cc(c45)C[C@H]3N(C)C2)[C@@H](O)C[C@H]1O. The highest BCUT2D eigenvalue weighted by Crippen LogP contribution is 2.41. The van der Waals surface area contributed by atoms with Crippen LogP contribution < -0.4 is 0 Å². The van der Waals surface area contributed by atoms with Crippen molar-refractivity contribution in [2.24, 2.45) is 17.8 Å². The molecule has 2 aromatic rings. The lowest BCUT2D eigenvalue weighted by Crippen LogP contribution is -2.43. The monoisotopic (exact) mass is 590 g/mol. The number of likely N-dealkylation sites (N-methyl/N-ethyl adjacent to an activating group) is 1. The molecule has 43 heavy (non-hydrogen) atoms. The smallest absolute Gasteiger partial charge is 0.305 e. The summed E-state index contributed by atoms with van der Waals surface area (Å²) in [5, 5.41) is 32.5. The molecule has 1 saturated carbocycles. The molecule has 1 aromatic heterocycles. The van der Waals surface area contributed by atoms with E-state index in [4.69, 9.17) is 4.74 Å². The molecule has 5 rings (SSSR count). The van der Waals surface area contributed by atoms with Crippen LogP contribution in [0.2, 0.25) is 0 Å². The van der Waals surface area contributed by atoms with Gasteiger partial charge in [0.25, 0.3) is 0 Å². The van der Waals surface area contributed by atoms with Gasteiger partial charge in [0.2, 0.25) is 0 Å². The van der Waals surface area contributed by atoms with Crippen LogP contribution in [-0.4, -0.2) is 75.7 Å². The summed E-state index contributed by atoms with van der Waals surface area (Å²) in [6, 6.07) is 6.80. The fourth-order valence-electron chi connectivity index (χ4n) is 7.32. The second-order valence-corrected chi connectivity index (χ2v) is 12.9. The Hall–Kier alpha value is -2.71. The summed E-state index contributed by atoms with van der Waals surface area (Å²) >= 11 is 0. The minimum absolute atomic E-state index is 0.0716. The van der Waals surface area contributed by atoms with Gasteiger partial charge in [-0.3, -0.25) is 9.69 Å². The minimum atomic E-state index is -0.592. The maximum atomic E-state index is 12.5. The number of rotatable bonds is 14. The number of aliphatic hydroxyl groups excluding tert-OH is 3. The van der Waals surface area contributed by atoms with E-state index in [0.717, 1.165) is 45.1 Å². The van der Waals surface area contributed by atoms with Gasteiger partial charge in [-0.25, -0.2) is 0 Å². The van der Waals surface area contributed by atoms with E-state index in [1.807, 2.05) is 6.08 Å². The van der Waals surface area contributed by atoms with Crippen molar-refractivity contribution in [3.8, 4) is 0 Å². The molecular formula is C36H50N2O5. The summed E-state index contributed by atoms with van der Waals surface area (Å²) in [5.74, 6) is -0.223. The third-order valence-electron chi connectivity index (χ3n) is 9.70. The van der Waals surface area contributed by atoms with Crippen molar-refractivity contribution in [2.75, 3.05) is 20.2 Å². The van der Waals surface area contributed by atoms with Crippen molar-refractivity contribution < 1.29 is 24.9 Å². The molecule has 0 bridgehead atoms. The number of unbranched alkanes of at least 4 members (excludes halogenated alkanes) is 3. The number of aliphatic hydroxyl groups is 3. The molecule has 2 heterocycles. The van der Waals surface area contributed by atoms with Gasteiger partial charge < -0.3 is 25.0 Å². The molecule has 1 aromatic carbocycles. The summed E-state index contributed by atoms with van der Waals surface area (Å²) in [6.45, 7) is 3.41. The molecule has 234 valence electrons. The average molecular weight is 591 g/mol. The Morgan fingerprint density at radius 1 is 1.19 bits per heavy atom. The topological polar surface area (TPSA) is 106 Å². The first-order valence-electron chi connectivity index (χ1n) is 16.4. The molecule has 2 aliphatic carbocycles. The Balaban J connectivity index is 1.04. The number of H-pyrrole nitrogens is 1. The number of benzene rings is 1. The third-order valence-corrected chi connectivity index (χ3v) is 9.70. The Kier molecular flexibility index (Phi) is 10.9. The summed E-state index contributed by atoms with van der Waals surface area (Å²) in [7, 11) is 2.17. The third kappa shape index (κ3) is 7.69.